The van der Waals surface area contributed by atoms with Gasteiger partial charge in [0.2, 0.25) is 0 Å². The lowest BCUT2D eigenvalue weighted by atomic mass is 10.2. The Labute approximate surface area is 182 Å². The van der Waals surface area contributed by atoms with Gasteiger partial charge in [0.25, 0.3) is 0 Å². The lowest BCUT2D eigenvalue weighted by Crippen LogP contribution is -2.31. The van der Waals surface area contributed by atoms with Crippen molar-refractivity contribution in [2.45, 2.75) is 35.8 Å². The van der Waals surface area contributed by atoms with Crippen molar-refractivity contribution in [1.82, 2.24) is 0 Å². The van der Waals surface area contributed by atoms with Gasteiger partial charge in [-0.15, -0.1) is 11.8 Å². The summed E-state index contributed by atoms with van der Waals surface area (Å²) >= 11 is 2.03. The number of aryl methyl sites for hydroxylation is 2. The number of nitrogens with zero attached hydrogens (tertiary/aromatic N) is 1. The van der Waals surface area contributed by atoms with Crippen molar-refractivity contribution in [3.8, 4) is 5.75 Å². The van der Waals surface area contributed by atoms with E-state index < -0.39 is 10.1 Å². The highest BCUT2D eigenvalue weighted by molar-refractivity contribution is 7.98. The molecule has 158 valence electrons. The lowest BCUT2D eigenvalue weighted by molar-refractivity contribution is -0.690. The van der Waals surface area contributed by atoms with Gasteiger partial charge in [-0.3, -0.25) is 0 Å². The molecule has 1 aliphatic heterocycles. The Balaban J connectivity index is 0.000000199. The molecule has 1 aliphatic rings. The third-order valence-corrected chi connectivity index (χ3v) is 7.09. The van der Waals surface area contributed by atoms with E-state index in [1.54, 1.807) is 19.2 Å². The molecule has 0 saturated heterocycles. The number of pyridine rings is 1. The molecule has 0 spiro atoms. The number of thioether (sulfide) groups is 1. The quantitative estimate of drug-likeness (QED) is 0.435. The van der Waals surface area contributed by atoms with Gasteiger partial charge in [-0.05, 0) is 36.8 Å². The van der Waals surface area contributed by atoms with Crippen molar-refractivity contribution in [2.75, 3.05) is 7.11 Å². The molecule has 3 aromatic rings. The highest BCUT2D eigenvalue weighted by Gasteiger charge is 2.29. The zero-order chi connectivity index (χ0) is 21.6. The average Bonchev–Trinajstić information content (AvgIpc) is 3.16. The van der Waals surface area contributed by atoms with E-state index in [0.717, 1.165) is 23.6 Å². The van der Waals surface area contributed by atoms with Gasteiger partial charge < -0.3 is 9.29 Å². The summed E-state index contributed by atoms with van der Waals surface area (Å²) in [4.78, 5) is -0.178. The van der Waals surface area contributed by atoms with Crippen LogP contribution in [-0.2, 0) is 22.4 Å². The molecular weight excluding hydrogens is 418 g/mol. The van der Waals surface area contributed by atoms with Crippen LogP contribution in [-0.4, -0.2) is 20.1 Å². The van der Waals surface area contributed by atoms with Gasteiger partial charge >= 0.3 is 0 Å². The Morgan fingerprint density at radius 1 is 1.07 bits per heavy atom. The summed E-state index contributed by atoms with van der Waals surface area (Å²) in [5.74, 6) is 1.99. The summed E-state index contributed by atoms with van der Waals surface area (Å²) in [6, 6.07) is 20.7. The van der Waals surface area contributed by atoms with Crippen LogP contribution in [0.3, 0.4) is 0 Å². The molecule has 0 bridgehead atoms. The highest BCUT2D eigenvalue weighted by Crippen LogP contribution is 2.35. The number of ether oxygens (including phenoxy) is 1. The van der Waals surface area contributed by atoms with Crippen molar-refractivity contribution in [3.05, 3.63) is 89.7 Å². The third kappa shape index (κ3) is 6.08. The molecule has 7 heteroatoms. The van der Waals surface area contributed by atoms with Crippen molar-refractivity contribution < 1.29 is 22.3 Å². The van der Waals surface area contributed by atoms with Crippen molar-refractivity contribution >= 4 is 21.9 Å². The smallest absolute Gasteiger partial charge is 0.194 e. The Bertz CT molecular complexity index is 1070. The van der Waals surface area contributed by atoms with Gasteiger partial charge in [0.1, 0.15) is 22.4 Å². The average molecular weight is 444 g/mol. The SMILES string of the molecule is COc1ccc(CSC2CC[n+]3ccccc32)cc1.Cc1ccc(S(=O)(=O)[O-])cc1. The summed E-state index contributed by atoms with van der Waals surface area (Å²) in [6.45, 7) is 2.97. The zero-order valence-electron chi connectivity index (χ0n) is 17.0. The molecule has 0 amide bonds. The maximum absolute atomic E-state index is 10.4. The molecule has 5 nitrogen and oxygen atoms in total. The minimum Gasteiger partial charge on any atom is -0.744 e. The fraction of sp³-hybridized carbons (Fsp3) is 0.261. The van der Waals surface area contributed by atoms with E-state index in [9.17, 15) is 13.0 Å². The van der Waals surface area contributed by atoms with Crippen LogP contribution in [0.5, 0.6) is 5.75 Å². The maximum atomic E-state index is 10.4. The Morgan fingerprint density at radius 2 is 1.77 bits per heavy atom. The Morgan fingerprint density at radius 3 is 2.40 bits per heavy atom. The van der Waals surface area contributed by atoms with Gasteiger partial charge in [-0.25, -0.2) is 13.0 Å². The molecule has 1 aromatic heterocycles. The number of rotatable bonds is 5. The number of fused-ring (bicyclic) bond motifs is 1. The number of methoxy groups -OCH3 is 1. The Hall–Kier alpha value is -2.35. The normalized spacial score (nSPS) is 15.1. The molecule has 4 rings (SSSR count). The monoisotopic (exact) mass is 443 g/mol. The van der Waals surface area contributed by atoms with Gasteiger partial charge in [-0.1, -0.05) is 35.9 Å². The second kappa shape index (κ2) is 10.1. The summed E-state index contributed by atoms with van der Waals surface area (Å²) < 4.78 is 38.7. The molecule has 0 fully saturated rings. The minimum absolute atomic E-state index is 0.178. The summed E-state index contributed by atoms with van der Waals surface area (Å²) in [5, 5.41) is 0.628. The van der Waals surface area contributed by atoms with Crippen LogP contribution in [0.25, 0.3) is 0 Å². The molecule has 0 aliphatic carbocycles. The first kappa shape index (κ1) is 22.3. The van der Waals surface area contributed by atoms with Gasteiger partial charge in [0.05, 0.1) is 17.3 Å². The highest BCUT2D eigenvalue weighted by atomic mass is 32.2. The van der Waals surface area contributed by atoms with Crippen molar-refractivity contribution in [3.63, 3.8) is 0 Å². The Kier molecular flexibility index (Phi) is 7.53. The second-order valence-electron chi connectivity index (χ2n) is 7.02. The third-order valence-electron chi connectivity index (χ3n) is 4.86. The predicted octanol–water partition coefficient (Wildman–Crippen LogP) is 4.26. The van der Waals surface area contributed by atoms with E-state index in [0.29, 0.717) is 5.25 Å². The lowest BCUT2D eigenvalue weighted by Gasteiger charge is -2.07. The van der Waals surface area contributed by atoms with Crippen molar-refractivity contribution in [2.24, 2.45) is 0 Å². The van der Waals surface area contributed by atoms with Crippen LogP contribution in [0.1, 0.15) is 28.5 Å². The molecule has 0 N–H and O–H groups in total. The fourth-order valence-corrected chi connectivity index (χ4v) is 4.89. The largest absolute Gasteiger partial charge is 0.744 e. The second-order valence-corrected chi connectivity index (χ2v) is 9.59. The van der Waals surface area contributed by atoms with E-state index in [2.05, 4.69) is 41.1 Å². The minimum atomic E-state index is -4.27. The van der Waals surface area contributed by atoms with Gasteiger partial charge in [-0.2, -0.15) is 0 Å². The van der Waals surface area contributed by atoms with E-state index >= 15 is 0 Å². The first-order valence-electron chi connectivity index (χ1n) is 9.62. The van der Waals surface area contributed by atoms with E-state index in [1.165, 1.54) is 29.8 Å². The van der Waals surface area contributed by atoms with Gasteiger partial charge in [0.15, 0.2) is 11.9 Å². The van der Waals surface area contributed by atoms with Crippen LogP contribution >= 0.6 is 11.8 Å². The fourth-order valence-electron chi connectivity index (χ4n) is 3.18. The van der Waals surface area contributed by atoms with Crippen LogP contribution < -0.4 is 9.30 Å². The van der Waals surface area contributed by atoms with E-state index in [4.69, 9.17) is 4.74 Å². The molecule has 1 atom stereocenters. The van der Waals surface area contributed by atoms with E-state index in [-0.39, 0.29) is 4.90 Å². The summed E-state index contributed by atoms with van der Waals surface area (Å²) in [6.07, 6.45) is 3.42. The van der Waals surface area contributed by atoms with Crippen LogP contribution in [0.15, 0.2) is 77.8 Å². The van der Waals surface area contributed by atoms with Crippen LogP contribution in [0.4, 0.5) is 0 Å². The van der Waals surface area contributed by atoms with Crippen LogP contribution in [0.2, 0.25) is 0 Å². The zero-order valence-corrected chi connectivity index (χ0v) is 18.7. The van der Waals surface area contributed by atoms with E-state index in [1.807, 2.05) is 30.8 Å². The van der Waals surface area contributed by atoms with Crippen molar-refractivity contribution in [1.29, 1.82) is 0 Å². The molecular formula is C23H25NO4S2. The number of benzene rings is 2. The summed E-state index contributed by atoms with van der Waals surface area (Å²) in [5.41, 5.74) is 3.75. The molecule has 2 heterocycles. The van der Waals surface area contributed by atoms with Gasteiger partial charge in [0, 0.05) is 24.3 Å². The standard InChI is InChI=1S/C16H18NOS.C7H8O3S/c1-18-14-7-5-13(6-8-14)12-19-16-9-11-17-10-3-2-4-15(16)17;1-6-2-4-7(5-3-6)11(8,9)10/h2-8,10,16H,9,11-12H2,1H3;2-5H,1H3,(H,8,9,10)/q+1;/p-1. The molecule has 0 radical (unpaired) electrons. The number of hydrogen-bond acceptors (Lipinski definition) is 5. The molecule has 30 heavy (non-hydrogen) atoms. The number of aromatic nitrogens is 1. The molecule has 1 unspecified atom stereocenters. The maximum Gasteiger partial charge on any atom is 0.194 e. The first-order valence-corrected chi connectivity index (χ1v) is 12.1. The topological polar surface area (TPSA) is 70.3 Å². The predicted molar refractivity (Wildman–Crippen MR) is 117 cm³/mol. The molecule has 0 saturated carbocycles. The summed E-state index contributed by atoms with van der Waals surface area (Å²) in [7, 11) is -2.56. The first-order chi connectivity index (χ1) is 14.4. The molecule has 2 aromatic carbocycles. The number of hydrogen-bond donors (Lipinski definition) is 0. The van der Waals surface area contributed by atoms with Crippen LogP contribution in [0, 0.1) is 6.92 Å².